The first-order chi connectivity index (χ1) is 14.9. The summed E-state index contributed by atoms with van der Waals surface area (Å²) in [6, 6.07) is 6.70. The zero-order chi connectivity index (χ0) is 23.3. The highest BCUT2D eigenvalue weighted by molar-refractivity contribution is 6.34. The van der Waals surface area contributed by atoms with Crippen LogP contribution in [0, 0.1) is 5.92 Å². The maximum Gasteiger partial charge on any atom is 0.230 e. The van der Waals surface area contributed by atoms with E-state index >= 15 is 0 Å². The van der Waals surface area contributed by atoms with Gasteiger partial charge in [0.05, 0.1) is 5.92 Å². The van der Waals surface area contributed by atoms with Crippen LogP contribution in [0.15, 0.2) is 24.3 Å². The maximum atomic E-state index is 13.0. The molecule has 0 N–H and O–H groups in total. The van der Waals surface area contributed by atoms with Gasteiger partial charge in [0, 0.05) is 43.6 Å². The van der Waals surface area contributed by atoms with E-state index in [2.05, 4.69) is 40.8 Å². The highest BCUT2D eigenvalue weighted by Crippen LogP contribution is 2.40. The molecular weight excluding hydrogens is 385 g/mol. The number of aldehydes is 1. The second kappa shape index (κ2) is 10.8. The predicted molar refractivity (Wildman–Crippen MR) is 131 cm³/mol. The van der Waals surface area contributed by atoms with Gasteiger partial charge < -0.3 is 14.3 Å². The van der Waals surface area contributed by atoms with Gasteiger partial charge >= 0.3 is 0 Å². The molecule has 2 radical (unpaired) electrons. The molecular formula is C25H36BN3O2. The summed E-state index contributed by atoms with van der Waals surface area (Å²) in [7, 11) is 10.6. The monoisotopic (exact) mass is 421 g/mol. The fourth-order valence-corrected chi connectivity index (χ4v) is 4.75. The molecule has 2 aliphatic rings. The van der Waals surface area contributed by atoms with Crippen molar-refractivity contribution in [2.45, 2.75) is 47.1 Å². The van der Waals surface area contributed by atoms with Crippen LogP contribution in [0.2, 0.25) is 0 Å². The van der Waals surface area contributed by atoms with Crippen LogP contribution in [0.4, 0.5) is 0 Å². The summed E-state index contributed by atoms with van der Waals surface area (Å²) < 4.78 is 2.09. The van der Waals surface area contributed by atoms with Gasteiger partial charge in [0.1, 0.15) is 14.1 Å². The van der Waals surface area contributed by atoms with Crippen LogP contribution in [0.1, 0.15) is 45.7 Å². The lowest BCUT2D eigenvalue weighted by atomic mass is 9.77. The van der Waals surface area contributed by atoms with Crippen molar-refractivity contribution in [3.8, 4) is 0 Å². The number of aromatic nitrogens is 1. The molecule has 1 aromatic carbocycles. The number of amides is 1. The van der Waals surface area contributed by atoms with Gasteiger partial charge in [-0.3, -0.25) is 9.69 Å². The average molecular weight is 421 g/mol. The topological polar surface area (TPSA) is 45.6 Å². The lowest BCUT2D eigenvalue weighted by molar-refractivity contribution is -0.134. The van der Waals surface area contributed by atoms with Gasteiger partial charge in [0.25, 0.3) is 0 Å². The van der Waals surface area contributed by atoms with Crippen molar-refractivity contribution in [2.75, 3.05) is 26.7 Å². The quantitative estimate of drug-likeness (QED) is 0.566. The van der Waals surface area contributed by atoms with Crippen LogP contribution < -0.4 is 5.59 Å². The molecule has 1 aromatic heterocycles. The third kappa shape index (κ3) is 4.50. The largest absolute Gasteiger partial charge is 0.358 e. The number of carbonyl (C=O) groups excluding carboxylic acids is 2. The third-order valence-corrected chi connectivity index (χ3v) is 6.23. The lowest BCUT2D eigenvalue weighted by Crippen LogP contribution is -2.48. The second-order valence-electron chi connectivity index (χ2n) is 7.76. The molecule has 5 nitrogen and oxygen atoms in total. The molecule has 1 unspecified atom stereocenters. The van der Waals surface area contributed by atoms with E-state index in [1.165, 1.54) is 34.5 Å². The van der Waals surface area contributed by atoms with E-state index < -0.39 is 0 Å². The Labute approximate surface area is 188 Å². The Morgan fingerprint density at radius 2 is 1.84 bits per heavy atom. The Morgan fingerprint density at radius 1 is 1.23 bits per heavy atom. The average Bonchev–Trinajstić information content (AvgIpc) is 3.03. The molecule has 4 rings (SSSR count). The van der Waals surface area contributed by atoms with Crippen molar-refractivity contribution >= 4 is 42.1 Å². The van der Waals surface area contributed by atoms with Gasteiger partial charge in [-0.15, -0.1) is 0 Å². The number of carbonyl (C=O) groups is 2. The molecule has 1 aliphatic carbocycles. The zero-order valence-corrected chi connectivity index (χ0v) is 20.1. The number of benzene rings is 1. The van der Waals surface area contributed by atoms with Crippen LogP contribution in [-0.2, 0) is 23.1 Å². The molecule has 0 bridgehead atoms. The second-order valence-corrected chi connectivity index (χ2v) is 7.76. The van der Waals surface area contributed by atoms with Gasteiger partial charge in [0.2, 0.25) is 5.91 Å². The van der Waals surface area contributed by atoms with E-state index in [-0.39, 0.29) is 11.8 Å². The first-order valence-corrected chi connectivity index (χ1v) is 11.4. The Kier molecular flexibility index (Phi) is 8.69. The minimum absolute atomic E-state index is 0.0796. The van der Waals surface area contributed by atoms with Crippen molar-refractivity contribution in [1.82, 2.24) is 14.4 Å². The van der Waals surface area contributed by atoms with Crippen LogP contribution in [-0.4, -0.2) is 67.1 Å². The molecule has 166 valence electrons. The molecule has 0 spiro atoms. The van der Waals surface area contributed by atoms with Gasteiger partial charge in [0.15, 0.2) is 0 Å². The summed E-state index contributed by atoms with van der Waals surface area (Å²) in [5.41, 5.74) is 5.81. The predicted octanol–water partition coefficient (Wildman–Crippen LogP) is 2.94. The molecule has 2 heterocycles. The smallest absolute Gasteiger partial charge is 0.230 e. The molecule has 31 heavy (non-hydrogen) atoms. The van der Waals surface area contributed by atoms with Crippen LogP contribution in [0.25, 0.3) is 16.5 Å². The fourth-order valence-electron chi connectivity index (χ4n) is 4.75. The van der Waals surface area contributed by atoms with E-state index in [4.69, 9.17) is 12.6 Å². The number of nitrogens with zero attached hydrogens (tertiary/aromatic N) is 3. The van der Waals surface area contributed by atoms with Gasteiger partial charge in [-0.25, -0.2) is 0 Å². The Morgan fingerprint density at radius 3 is 2.42 bits per heavy atom. The normalized spacial score (nSPS) is 19.3. The Bertz CT molecular complexity index is 959. The molecule has 1 amide bonds. The van der Waals surface area contributed by atoms with Crippen LogP contribution in [0.5, 0.6) is 0 Å². The van der Waals surface area contributed by atoms with E-state index in [0.717, 1.165) is 37.9 Å². The number of fused-ring (bicyclic) bond motifs is 2. The fraction of sp³-hybridized carbons (Fsp3) is 0.520. The van der Waals surface area contributed by atoms with E-state index in [1.54, 1.807) is 0 Å². The Hall–Kier alpha value is -2.34. The molecule has 2 atom stereocenters. The number of hydrogen-bond donors (Lipinski definition) is 0. The van der Waals surface area contributed by atoms with Gasteiger partial charge in [-0.2, -0.15) is 0 Å². The lowest BCUT2D eigenvalue weighted by Gasteiger charge is -2.40. The molecule has 2 aromatic rings. The highest BCUT2D eigenvalue weighted by atomic mass is 16.2. The summed E-state index contributed by atoms with van der Waals surface area (Å²) in [6.07, 6.45) is 3.89. The van der Waals surface area contributed by atoms with Crippen molar-refractivity contribution in [3.05, 3.63) is 35.4 Å². The summed E-state index contributed by atoms with van der Waals surface area (Å²) in [4.78, 5) is 26.0. The molecule has 0 fully saturated rings. The standard InChI is InChI=1S/C21H26BN3O.C2H4O.C2H6/c1-5-25(6-2)21(26)13-10-15-14-8-7-9-17-19(14)16(20(22)24(17)4)11-18(15)23(3)12-13;1-2-3;1-2/h7-10,13,18H,5-6,11-12H2,1-4H3;2H,1H3;1-2H3/t13-,18?;;/m1../s1. The minimum atomic E-state index is -0.0796. The first kappa shape index (κ1) is 24.9. The summed E-state index contributed by atoms with van der Waals surface area (Å²) in [5, 5.41) is 1.26. The van der Waals surface area contributed by atoms with E-state index in [1.807, 2.05) is 39.6 Å². The Balaban J connectivity index is 0.000000630. The zero-order valence-electron chi connectivity index (χ0n) is 20.1. The summed E-state index contributed by atoms with van der Waals surface area (Å²) in [5.74, 6) is 0.155. The molecule has 1 aliphatic heterocycles. The summed E-state index contributed by atoms with van der Waals surface area (Å²) >= 11 is 0. The molecule has 0 saturated heterocycles. The van der Waals surface area contributed by atoms with E-state index in [9.17, 15) is 4.79 Å². The van der Waals surface area contributed by atoms with Crippen molar-refractivity contribution in [2.24, 2.45) is 13.0 Å². The van der Waals surface area contributed by atoms with Crippen molar-refractivity contribution in [1.29, 1.82) is 0 Å². The maximum absolute atomic E-state index is 13.0. The number of likely N-dealkylation sites (N-methyl/N-ethyl adjacent to an activating group) is 1. The minimum Gasteiger partial charge on any atom is -0.358 e. The SMILES string of the molecule is CC.CC=O.[B]c1c2c3c(cccc3n1C)C1=C[C@@H](C(=O)N(CC)CC)CN(C)C1C2. The number of aryl methyl sites for hydroxylation is 1. The van der Waals surface area contributed by atoms with E-state index in [0.29, 0.717) is 6.04 Å². The third-order valence-electron chi connectivity index (χ3n) is 6.23. The highest BCUT2D eigenvalue weighted by Gasteiger charge is 2.37. The molecule has 0 saturated carbocycles. The first-order valence-electron chi connectivity index (χ1n) is 11.4. The number of hydrogen-bond acceptors (Lipinski definition) is 3. The van der Waals surface area contributed by atoms with Crippen molar-refractivity contribution < 1.29 is 9.59 Å². The van der Waals surface area contributed by atoms with Crippen molar-refractivity contribution in [3.63, 3.8) is 0 Å². The van der Waals surface area contributed by atoms with Gasteiger partial charge in [-0.05, 0) is 62.6 Å². The molecule has 6 heteroatoms. The van der Waals surface area contributed by atoms with Crippen LogP contribution >= 0.6 is 0 Å². The number of rotatable bonds is 3. The summed E-state index contributed by atoms with van der Waals surface area (Å²) in [6.45, 7) is 11.8. The van der Waals surface area contributed by atoms with Crippen LogP contribution in [0.3, 0.4) is 0 Å². The van der Waals surface area contributed by atoms with Gasteiger partial charge in [-0.1, -0.05) is 32.1 Å².